The molecule has 1 aromatic carbocycles. The Kier molecular flexibility index (Phi) is 6.41. The molecule has 0 amide bonds. The first kappa shape index (κ1) is 21.2. The fraction of sp³-hybridized carbons (Fsp3) is 0.300. The highest BCUT2D eigenvalue weighted by molar-refractivity contribution is 7.46. The molecule has 0 bridgehead atoms. The van der Waals surface area contributed by atoms with Gasteiger partial charge in [0.2, 0.25) is 0 Å². The summed E-state index contributed by atoms with van der Waals surface area (Å²) >= 11 is 0. The molecule has 11 heteroatoms. The molecule has 4 rings (SSSR count). The van der Waals surface area contributed by atoms with E-state index in [4.69, 9.17) is 14.8 Å². The summed E-state index contributed by atoms with van der Waals surface area (Å²) in [7, 11) is -0.985. The maximum absolute atomic E-state index is 12.7. The second-order valence-electron chi connectivity index (χ2n) is 6.72. The number of benzene rings is 1. The number of hydrogen-bond donors (Lipinski definition) is 2. The summed E-state index contributed by atoms with van der Waals surface area (Å²) in [6.07, 6.45) is 4.03. The largest absolute Gasteiger partial charge is 0.382 e. The molecule has 0 atom stereocenters. The smallest absolute Gasteiger partial charge is 0.328 e. The molecule has 4 aromatic rings. The molecule has 0 fully saturated rings. The van der Waals surface area contributed by atoms with Crippen LogP contribution in [0.1, 0.15) is 25.0 Å². The molecule has 0 aliphatic rings. The Hall–Kier alpha value is -3.07. The molecule has 0 radical (unpaired) electrons. The number of H-pyrrole nitrogens is 1. The summed E-state index contributed by atoms with van der Waals surface area (Å²) in [5.41, 5.74) is 8.66. The maximum atomic E-state index is 12.7. The van der Waals surface area contributed by atoms with E-state index >= 15 is 0 Å². The zero-order valence-electron chi connectivity index (χ0n) is 17.4. The van der Waals surface area contributed by atoms with E-state index in [2.05, 4.69) is 26.1 Å². The van der Waals surface area contributed by atoms with Crippen molar-refractivity contribution in [3.63, 3.8) is 0 Å². The van der Waals surface area contributed by atoms with E-state index in [0.717, 1.165) is 11.1 Å². The van der Waals surface area contributed by atoms with Gasteiger partial charge in [-0.2, -0.15) is 15.1 Å². The number of rotatable bonds is 9. The number of aromatic amines is 1. The van der Waals surface area contributed by atoms with E-state index in [1.54, 1.807) is 23.0 Å². The van der Waals surface area contributed by atoms with Crippen LogP contribution in [0.5, 0.6) is 0 Å². The molecule has 3 heterocycles. The van der Waals surface area contributed by atoms with Gasteiger partial charge in [-0.3, -0.25) is 4.57 Å². The lowest BCUT2D eigenvalue weighted by Gasteiger charge is -2.16. The SMILES string of the molecule is CCOP(Cc1cccc(Cn2c(=O)[nH]c3c(N)nc(-n4cccn4)nc32)c1)OCC. The van der Waals surface area contributed by atoms with Crippen LogP contribution in [0.2, 0.25) is 0 Å². The van der Waals surface area contributed by atoms with Crippen LogP contribution in [0.3, 0.4) is 0 Å². The second-order valence-corrected chi connectivity index (χ2v) is 8.22. The van der Waals surface area contributed by atoms with Crippen molar-refractivity contribution in [1.29, 1.82) is 0 Å². The highest BCUT2D eigenvalue weighted by Gasteiger charge is 2.16. The number of anilines is 1. The molecule has 0 aliphatic carbocycles. The van der Waals surface area contributed by atoms with Gasteiger partial charge >= 0.3 is 5.69 Å². The Morgan fingerprint density at radius 3 is 2.61 bits per heavy atom. The first-order valence-electron chi connectivity index (χ1n) is 9.96. The lowest BCUT2D eigenvalue weighted by Crippen LogP contribution is -2.18. The van der Waals surface area contributed by atoms with Gasteiger partial charge in [0.05, 0.1) is 19.8 Å². The molecule has 10 nitrogen and oxygen atoms in total. The molecule has 0 unspecified atom stereocenters. The van der Waals surface area contributed by atoms with Crippen LogP contribution in [0.4, 0.5) is 5.82 Å². The number of imidazole rings is 1. The molecular weight excluding hydrogens is 417 g/mol. The Labute approximate surface area is 180 Å². The highest BCUT2D eigenvalue weighted by atomic mass is 31.2. The average molecular weight is 441 g/mol. The molecular formula is C20H24N7O3P. The summed E-state index contributed by atoms with van der Waals surface area (Å²) < 4.78 is 14.5. The zero-order chi connectivity index (χ0) is 21.8. The molecule has 0 saturated heterocycles. The summed E-state index contributed by atoms with van der Waals surface area (Å²) in [4.78, 5) is 24.2. The van der Waals surface area contributed by atoms with Gasteiger partial charge in [-0.15, -0.1) is 0 Å². The first-order chi connectivity index (χ1) is 15.1. The topological polar surface area (TPSA) is 126 Å². The third kappa shape index (κ3) is 4.66. The number of hydrogen-bond acceptors (Lipinski definition) is 7. The van der Waals surface area contributed by atoms with Crippen molar-refractivity contribution in [3.8, 4) is 5.95 Å². The van der Waals surface area contributed by atoms with Gasteiger partial charge in [0.25, 0.3) is 5.95 Å². The summed E-state index contributed by atoms with van der Waals surface area (Å²) in [6.45, 7) is 5.47. The summed E-state index contributed by atoms with van der Waals surface area (Å²) in [6, 6.07) is 9.78. The van der Waals surface area contributed by atoms with E-state index in [1.165, 1.54) is 4.68 Å². The van der Waals surface area contributed by atoms with Crippen molar-refractivity contribution in [2.24, 2.45) is 0 Å². The first-order valence-corrected chi connectivity index (χ1v) is 11.3. The minimum Gasteiger partial charge on any atom is -0.382 e. The normalized spacial score (nSPS) is 11.6. The molecule has 3 N–H and O–H groups in total. The van der Waals surface area contributed by atoms with Crippen LogP contribution in [0.15, 0.2) is 47.5 Å². The zero-order valence-corrected chi connectivity index (χ0v) is 18.2. The predicted octanol–water partition coefficient (Wildman–Crippen LogP) is 2.82. The Bertz CT molecular complexity index is 1210. The van der Waals surface area contributed by atoms with Crippen molar-refractivity contribution in [2.45, 2.75) is 26.6 Å². The van der Waals surface area contributed by atoms with Crippen LogP contribution in [-0.2, 0) is 21.8 Å². The fourth-order valence-corrected chi connectivity index (χ4v) is 4.58. The van der Waals surface area contributed by atoms with Crippen LogP contribution in [0, 0.1) is 0 Å². The molecule has 0 aliphatic heterocycles. The van der Waals surface area contributed by atoms with E-state index < -0.39 is 8.38 Å². The van der Waals surface area contributed by atoms with Crippen LogP contribution in [-0.4, -0.2) is 42.5 Å². The van der Waals surface area contributed by atoms with Crippen molar-refractivity contribution in [1.82, 2.24) is 29.3 Å². The number of nitrogens with two attached hydrogens (primary N) is 1. The van der Waals surface area contributed by atoms with Gasteiger partial charge in [-0.05, 0) is 31.0 Å². The lowest BCUT2D eigenvalue weighted by atomic mass is 10.1. The van der Waals surface area contributed by atoms with E-state index in [1.807, 2.05) is 32.0 Å². The van der Waals surface area contributed by atoms with Gasteiger partial charge in [0, 0.05) is 18.6 Å². The Balaban J connectivity index is 1.66. The van der Waals surface area contributed by atoms with E-state index in [0.29, 0.717) is 43.0 Å². The maximum Gasteiger partial charge on any atom is 0.328 e. The van der Waals surface area contributed by atoms with Crippen molar-refractivity contribution in [3.05, 3.63) is 64.3 Å². The van der Waals surface area contributed by atoms with E-state index in [-0.39, 0.29) is 11.5 Å². The summed E-state index contributed by atoms with van der Waals surface area (Å²) in [5.74, 6) is 0.495. The minimum absolute atomic E-state index is 0.194. The number of aromatic nitrogens is 6. The molecule has 162 valence electrons. The Morgan fingerprint density at radius 1 is 1.13 bits per heavy atom. The minimum atomic E-state index is -0.985. The third-order valence-electron chi connectivity index (χ3n) is 4.54. The molecule has 31 heavy (non-hydrogen) atoms. The van der Waals surface area contributed by atoms with Crippen LogP contribution >= 0.6 is 8.38 Å². The molecule has 0 spiro atoms. The van der Waals surface area contributed by atoms with Gasteiger partial charge in [-0.25, -0.2) is 9.48 Å². The van der Waals surface area contributed by atoms with Crippen molar-refractivity contribution < 1.29 is 9.05 Å². The monoisotopic (exact) mass is 441 g/mol. The average Bonchev–Trinajstić information content (AvgIpc) is 3.38. The van der Waals surface area contributed by atoms with Crippen LogP contribution in [0.25, 0.3) is 17.1 Å². The number of nitrogen functional groups attached to an aromatic ring is 1. The van der Waals surface area contributed by atoms with Gasteiger partial charge in [0.15, 0.2) is 19.8 Å². The van der Waals surface area contributed by atoms with Gasteiger partial charge in [-0.1, -0.05) is 24.3 Å². The number of nitrogens with zero attached hydrogens (tertiary/aromatic N) is 5. The van der Waals surface area contributed by atoms with Crippen LogP contribution < -0.4 is 11.4 Å². The number of nitrogens with one attached hydrogen (secondary N) is 1. The third-order valence-corrected chi connectivity index (χ3v) is 6.25. The van der Waals surface area contributed by atoms with Crippen molar-refractivity contribution >= 4 is 25.4 Å². The van der Waals surface area contributed by atoms with Gasteiger partial charge in [0.1, 0.15) is 5.52 Å². The van der Waals surface area contributed by atoms with Gasteiger partial charge < -0.3 is 19.8 Å². The Morgan fingerprint density at radius 2 is 1.90 bits per heavy atom. The second kappa shape index (κ2) is 9.38. The quantitative estimate of drug-likeness (QED) is 0.383. The standard InChI is InChI=1S/C20H24N7O3P/c1-3-29-31(30-4-2)13-15-8-5-7-14(11-15)12-26-18-16(23-20(26)28)17(21)24-19(25-18)27-10-6-9-22-27/h5-11H,3-4,12-13H2,1-2H3,(H,23,28)(H2,21,24,25). The fourth-order valence-electron chi connectivity index (χ4n) is 3.25. The summed E-state index contributed by atoms with van der Waals surface area (Å²) in [5, 5.41) is 4.14. The lowest BCUT2D eigenvalue weighted by molar-refractivity contribution is 0.268. The van der Waals surface area contributed by atoms with E-state index in [9.17, 15) is 4.79 Å². The highest BCUT2D eigenvalue weighted by Crippen LogP contribution is 2.41. The van der Waals surface area contributed by atoms with Crippen molar-refractivity contribution in [2.75, 3.05) is 18.9 Å². The molecule has 0 saturated carbocycles. The molecule has 3 aromatic heterocycles. The number of fused-ring (bicyclic) bond motifs is 1. The predicted molar refractivity (Wildman–Crippen MR) is 119 cm³/mol.